The first-order valence-corrected chi connectivity index (χ1v) is 7.74. The van der Waals surface area contributed by atoms with Gasteiger partial charge in [0, 0.05) is 23.9 Å². The van der Waals surface area contributed by atoms with Crippen LogP contribution in [0.2, 0.25) is 0 Å². The van der Waals surface area contributed by atoms with Gasteiger partial charge in [-0.1, -0.05) is 0 Å². The minimum atomic E-state index is -0.443. The number of nitrogens with one attached hydrogen (secondary N) is 1. The molecule has 0 radical (unpaired) electrons. The molecule has 0 saturated heterocycles. The fraction of sp³-hybridized carbons (Fsp3) is 0.250. The third-order valence-electron chi connectivity index (χ3n) is 2.93. The summed E-state index contributed by atoms with van der Waals surface area (Å²) in [5.41, 5.74) is 1.37. The van der Waals surface area contributed by atoms with Crippen molar-refractivity contribution in [3.8, 4) is 11.5 Å². The smallest absolute Gasteiger partial charge is 0.310 e. The first-order chi connectivity index (χ1) is 11.1. The second-order valence-corrected chi connectivity index (χ2v) is 5.40. The van der Waals surface area contributed by atoms with Gasteiger partial charge < -0.3 is 19.5 Å². The molecule has 23 heavy (non-hydrogen) atoms. The third kappa shape index (κ3) is 5.30. The van der Waals surface area contributed by atoms with Crippen molar-refractivity contribution in [1.82, 2.24) is 0 Å². The van der Waals surface area contributed by atoms with Gasteiger partial charge in [-0.2, -0.15) is 11.3 Å². The van der Waals surface area contributed by atoms with E-state index >= 15 is 0 Å². The van der Waals surface area contributed by atoms with Gasteiger partial charge in [-0.05, 0) is 22.4 Å². The van der Waals surface area contributed by atoms with Crippen LogP contribution in [0.25, 0.3) is 0 Å². The van der Waals surface area contributed by atoms with E-state index in [1.165, 1.54) is 25.6 Å². The number of amides is 1. The van der Waals surface area contributed by atoms with Gasteiger partial charge in [0.2, 0.25) is 0 Å². The number of carbonyl (C=O) groups excluding carboxylic acids is 2. The highest BCUT2D eigenvalue weighted by molar-refractivity contribution is 7.07. The van der Waals surface area contributed by atoms with Crippen molar-refractivity contribution in [3.05, 3.63) is 40.6 Å². The number of hydrogen-bond acceptors (Lipinski definition) is 6. The number of benzene rings is 1. The van der Waals surface area contributed by atoms with Crippen LogP contribution in [0, 0.1) is 0 Å². The maximum Gasteiger partial charge on any atom is 0.310 e. The molecule has 122 valence electrons. The van der Waals surface area contributed by atoms with E-state index in [2.05, 4.69) is 5.32 Å². The highest BCUT2D eigenvalue weighted by atomic mass is 32.1. The molecule has 6 nitrogen and oxygen atoms in total. The molecule has 0 saturated carbocycles. The summed E-state index contributed by atoms with van der Waals surface area (Å²) in [4.78, 5) is 23.5. The number of ether oxygens (including phenoxy) is 3. The largest absolute Gasteiger partial charge is 0.497 e. The SMILES string of the molecule is COc1cc(NC(=O)COC(=O)Cc2ccsc2)cc(OC)c1. The maximum absolute atomic E-state index is 11.9. The van der Waals surface area contributed by atoms with Gasteiger partial charge in [-0.25, -0.2) is 0 Å². The van der Waals surface area contributed by atoms with Crippen molar-refractivity contribution in [2.75, 3.05) is 26.1 Å². The van der Waals surface area contributed by atoms with Gasteiger partial charge in [-0.3, -0.25) is 9.59 Å². The second kappa shape index (κ2) is 8.19. The maximum atomic E-state index is 11.9. The third-order valence-corrected chi connectivity index (χ3v) is 3.66. The Labute approximate surface area is 138 Å². The Morgan fingerprint density at radius 2 is 1.83 bits per heavy atom. The van der Waals surface area contributed by atoms with Crippen LogP contribution in [0.1, 0.15) is 5.56 Å². The quantitative estimate of drug-likeness (QED) is 0.787. The molecule has 1 aromatic heterocycles. The van der Waals surface area contributed by atoms with E-state index in [0.717, 1.165) is 5.56 Å². The summed E-state index contributed by atoms with van der Waals surface area (Å²) in [6.45, 7) is -0.345. The lowest BCUT2D eigenvalue weighted by atomic mass is 10.2. The molecule has 1 aromatic carbocycles. The molecule has 0 spiro atoms. The standard InChI is InChI=1S/C16H17NO5S/c1-20-13-6-12(7-14(8-13)21-2)17-15(18)9-22-16(19)5-11-3-4-23-10-11/h3-4,6-8,10H,5,9H2,1-2H3,(H,17,18). The molecule has 0 fully saturated rings. The van der Waals surface area contributed by atoms with Gasteiger partial charge in [-0.15, -0.1) is 0 Å². The Balaban J connectivity index is 1.85. The highest BCUT2D eigenvalue weighted by Gasteiger charge is 2.10. The normalized spacial score (nSPS) is 10.0. The lowest BCUT2D eigenvalue weighted by Crippen LogP contribution is -2.21. The van der Waals surface area contributed by atoms with Crippen molar-refractivity contribution < 1.29 is 23.8 Å². The summed E-state index contributed by atoms with van der Waals surface area (Å²) in [6, 6.07) is 6.83. The molecule has 0 unspecified atom stereocenters. The summed E-state index contributed by atoms with van der Waals surface area (Å²) in [5, 5.41) is 6.38. The number of anilines is 1. The number of carbonyl (C=O) groups is 2. The predicted octanol–water partition coefficient (Wildman–Crippen LogP) is 2.49. The Bertz CT molecular complexity index is 647. The zero-order valence-corrected chi connectivity index (χ0v) is 13.6. The lowest BCUT2D eigenvalue weighted by Gasteiger charge is -2.10. The van der Waals surface area contributed by atoms with Crippen LogP contribution < -0.4 is 14.8 Å². The Hall–Kier alpha value is -2.54. The Morgan fingerprint density at radius 1 is 1.13 bits per heavy atom. The van der Waals surface area contributed by atoms with E-state index in [-0.39, 0.29) is 13.0 Å². The zero-order chi connectivity index (χ0) is 16.7. The highest BCUT2D eigenvalue weighted by Crippen LogP contribution is 2.25. The molecule has 7 heteroatoms. The van der Waals surface area contributed by atoms with Crippen molar-refractivity contribution in [2.24, 2.45) is 0 Å². The van der Waals surface area contributed by atoms with E-state index in [4.69, 9.17) is 14.2 Å². The van der Waals surface area contributed by atoms with Crippen LogP contribution in [0.5, 0.6) is 11.5 Å². The molecular formula is C16H17NO5S. The fourth-order valence-electron chi connectivity index (χ4n) is 1.83. The fourth-order valence-corrected chi connectivity index (χ4v) is 2.50. The van der Waals surface area contributed by atoms with Gasteiger partial charge in [0.1, 0.15) is 11.5 Å². The molecule has 2 rings (SSSR count). The van der Waals surface area contributed by atoms with Gasteiger partial charge in [0.15, 0.2) is 6.61 Å². The monoisotopic (exact) mass is 335 g/mol. The zero-order valence-electron chi connectivity index (χ0n) is 12.8. The van der Waals surface area contributed by atoms with Gasteiger partial charge in [0.25, 0.3) is 5.91 Å². The molecule has 2 aromatic rings. The van der Waals surface area contributed by atoms with E-state index in [1.54, 1.807) is 18.2 Å². The van der Waals surface area contributed by atoms with Gasteiger partial charge in [0.05, 0.1) is 20.6 Å². The van der Waals surface area contributed by atoms with E-state index < -0.39 is 11.9 Å². The predicted molar refractivity (Wildman–Crippen MR) is 87.2 cm³/mol. The molecule has 0 aliphatic carbocycles. The molecule has 1 heterocycles. The Kier molecular flexibility index (Phi) is 5.99. The van der Waals surface area contributed by atoms with Crippen molar-refractivity contribution in [2.45, 2.75) is 6.42 Å². The Morgan fingerprint density at radius 3 is 2.39 bits per heavy atom. The van der Waals surface area contributed by atoms with Crippen LogP contribution >= 0.6 is 11.3 Å². The molecule has 0 atom stereocenters. The number of rotatable bonds is 7. The van der Waals surface area contributed by atoms with Gasteiger partial charge >= 0.3 is 5.97 Å². The number of methoxy groups -OCH3 is 2. The average Bonchev–Trinajstić information content (AvgIpc) is 3.05. The van der Waals surface area contributed by atoms with E-state index in [0.29, 0.717) is 17.2 Å². The topological polar surface area (TPSA) is 73.9 Å². The average molecular weight is 335 g/mol. The summed E-state index contributed by atoms with van der Waals surface area (Å²) < 4.78 is 15.2. The number of esters is 1. The molecular weight excluding hydrogens is 318 g/mol. The van der Waals surface area contributed by atoms with Crippen LogP contribution in [0.3, 0.4) is 0 Å². The van der Waals surface area contributed by atoms with Crippen LogP contribution in [0.4, 0.5) is 5.69 Å². The molecule has 0 aliphatic rings. The van der Waals surface area contributed by atoms with Crippen LogP contribution in [-0.2, 0) is 20.7 Å². The number of hydrogen-bond donors (Lipinski definition) is 1. The van der Waals surface area contributed by atoms with Crippen LogP contribution in [0.15, 0.2) is 35.0 Å². The summed E-state index contributed by atoms with van der Waals surface area (Å²) in [5.74, 6) is 0.226. The van der Waals surface area contributed by atoms with Crippen molar-refractivity contribution in [3.63, 3.8) is 0 Å². The van der Waals surface area contributed by atoms with E-state index in [9.17, 15) is 9.59 Å². The lowest BCUT2D eigenvalue weighted by molar-refractivity contribution is -0.146. The van der Waals surface area contributed by atoms with E-state index in [1.807, 2.05) is 16.8 Å². The number of thiophene rings is 1. The molecule has 1 amide bonds. The molecule has 1 N–H and O–H groups in total. The first kappa shape index (κ1) is 16.8. The summed E-state index contributed by atoms with van der Waals surface area (Å²) >= 11 is 1.50. The van der Waals surface area contributed by atoms with Crippen molar-refractivity contribution in [1.29, 1.82) is 0 Å². The van der Waals surface area contributed by atoms with Crippen LogP contribution in [-0.4, -0.2) is 32.7 Å². The second-order valence-electron chi connectivity index (χ2n) is 4.62. The summed E-state index contributed by atoms with van der Waals surface area (Å²) in [7, 11) is 3.04. The molecule has 0 bridgehead atoms. The van der Waals surface area contributed by atoms with Crippen molar-refractivity contribution >= 4 is 28.9 Å². The first-order valence-electron chi connectivity index (χ1n) is 6.80. The minimum absolute atomic E-state index is 0.157. The molecule has 0 aliphatic heterocycles. The summed E-state index contributed by atoms with van der Waals surface area (Å²) in [6.07, 6.45) is 0.157. The minimum Gasteiger partial charge on any atom is -0.497 e.